The summed E-state index contributed by atoms with van der Waals surface area (Å²) in [5.74, 6) is 3.24. The minimum atomic E-state index is 0.0305. The molecule has 30 heavy (non-hydrogen) atoms. The molecule has 0 amide bonds. The van der Waals surface area contributed by atoms with Crippen molar-refractivity contribution in [1.82, 2.24) is 4.98 Å². The van der Waals surface area contributed by atoms with E-state index in [1.165, 1.54) is 24.0 Å². The van der Waals surface area contributed by atoms with E-state index in [1.54, 1.807) is 14.2 Å². The van der Waals surface area contributed by atoms with Crippen LogP contribution in [0.1, 0.15) is 35.6 Å². The van der Waals surface area contributed by atoms with Gasteiger partial charge in [0.05, 0.1) is 14.2 Å². The van der Waals surface area contributed by atoms with Gasteiger partial charge in [0, 0.05) is 30.9 Å². The number of benzene rings is 2. The molecule has 2 aromatic carbocycles. The second-order valence-electron chi connectivity index (χ2n) is 7.83. The second-order valence-corrected chi connectivity index (χ2v) is 7.83. The number of nitrogens with two attached hydrogens (primary N) is 1. The molecule has 0 aliphatic heterocycles. The quantitative estimate of drug-likeness (QED) is 0.560. The maximum absolute atomic E-state index is 6.60. The predicted molar refractivity (Wildman–Crippen MR) is 120 cm³/mol. The van der Waals surface area contributed by atoms with Crippen LogP contribution in [0.5, 0.6) is 11.5 Å². The number of ether oxygens (including phenoxy) is 2. The summed E-state index contributed by atoms with van der Waals surface area (Å²) in [5, 5.41) is 0. The highest BCUT2D eigenvalue weighted by atomic mass is 16.5. The average Bonchev–Trinajstić information content (AvgIpc) is 3.65. The Bertz CT molecular complexity index is 903. The van der Waals surface area contributed by atoms with E-state index >= 15 is 0 Å². The summed E-state index contributed by atoms with van der Waals surface area (Å²) in [6, 6.07) is 20.5. The molecule has 1 saturated carbocycles. The summed E-state index contributed by atoms with van der Waals surface area (Å²) in [5.41, 5.74) is 10.1. The van der Waals surface area contributed by atoms with Gasteiger partial charge in [0.1, 0.15) is 17.3 Å². The van der Waals surface area contributed by atoms with Gasteiger partial charge in [0.25, 0.3) is 0 Å². The molecular weight excluding hydrogens is 374 g/mol. The molecule has 2 N–H and O–H groups in total. The average molecular weight is 404 g/mol. The van der Waals surface area contributed by atoms with Crippen LogP contribution in [0.4, 0.5) is 5.82 Å². The van der Waals surface area contributed by atoms with E-state index in [0.717, 1.165) is 36.0 Å². The van der Waals surface area contributed by atoms with E-state index in [4.69, 9.17) is 20.2 Å². The van der Waals surface area contributed by atoms with Crippen LogP contribution in [0, 0.1) is 5.92 Å². The highest BCUT2D eigenvalue weighted by molar-refractivity contribution is 5.50. The van der Waals surface area contributed by atoms with E-state index in [0.29, 0.717) is 5.92 Å². The molecule has 0 unspecified atom stereocenters. The molecule has 156 valence electrons. The van der Waals surface area contributed by atoms with Gasteiger partial charge in [-0.05, 0) is 60.2 Å². The molecule has 4 rings (SSSR count). The van der Waals surface area contributed by atoms with Crippen molar-refractivity contribution in [3.8, 4) is 11.5 Å². The van der Waals surface area contributed by atoms with Crippen molar-refractivity contribution in [3.05, 3.63) is 83.6 Å². The number of aromatic nitrogens is 1. The van der Waals surface area contributed by atoms with Gasteiger partial charge in [-0.25, -0.2) is 4.98 Å². The van der Waals surface area contributed by atoms with E-state index in [-0.39, 0.29) is 6.04 Å². The minimum Gasteiger partial charge on any atom is -0.497 e. The first kappa shape index (κ1) is 20.2. The Hall–Kier alpha value is -3.05. The highest BCUT2D eigenvalue weighted by Crippen LogP contribution is 2.42. The molecule has 1 aromatic heterocycles. The summed E-state index contributed by atoms with van der Waals surface area (Å²) in [7, 11) is 3.37. The number of anilines is 1. The third kappa shape index (κ3) is 4.74. The topological polar surface area (TPSA) is 60.6 Å². The first-order valence-corrected chi connectivity index (χ1v) is 10.4. The molecule has 0 spiro atoms. The number of hydrogen-bond acceptors (Lipinski definition) is 5. The van der Waals surface area contributed by atoms with Gasteiger partial charge < -0.3 is 20.1 Å². The lowest BCUT2D eigenvalue weighted by atomic mass is 10.0. The van der Waals surface area contributed by atoms with Crippen molar-refractivity contribution in [2.75, 3.05) is 19.1 Å². The zero-order valence-electron chi connectivity index (χ0n) is 17.6. The standard InChI is InChI=1S/C25H29N3O2/c1-29-21-11-5-18(6-12-21)16-28(17-19-7-13-22(30-2)14-8-19)25-23(4-3-15-27-25)24(26)20-9-10-20/h3-8,11-15,20,24H,9-10,16-17,26H2,1-2H3/t24-/m1/s1. The van der Waals surface area contributed by atoms with Gasteiger partial charge in [-0.2, -0.15) is 0 Å². The monoisotopic (exact) mass is 403 g/mol. The molecule has 0 saturated heterocycles. The second kappa shape index (κ2) is 9.18. The molecule has 0 radical (unpaired) electrons. The maximum atomic E-state index is 6.60. The lowest BCUT2D eigenvalue weighted by Gasteiger charge is -2.28. The van der Waals surface area contributed by atoms with Crippen LogP contribution in [-0.4, -0.2) is 19.2 Å². The van der Waals surface area contributed by atoms with Gasteiger partial charge >= 0.3 is 0 Å². The Balaban J connectivity index is 1.65. The molecule has 1 fully saturated rings. The zero-order valence-corrected chi connectivity index (χ0v) is 17.6. The predicted octanol–water partition coefficient (Wildman–Crippen LogP) is 4.72. The fourth-order valence-electron chi connectivity index (χ4n) is 3.75. The SMILES string of the molecule is COc1ccc(CN(Cc2ccc(OC)cc2)c2ncccc2[C@H](N)C2CC2)cc1. The molecule has 0 bridgehead atoms. The van der Waals surface area contributed by atoms with E-state index in [9.17, 15) is 0 Å². The van der Waals surface area contributed by atoms with Crippen LogP contribution < -0.4 is 20.1 Å². The third-order valence-electron chi connectivity index (χ3n) is 5.67. The molecule has 1 aliphatic carbocycles. The van der Waals surface area contributed by atoms with Crippen LogP contribution in [0.25, 0.3) is 0 Å². The van der Waals surface area contributed by atoms with Gasteiger partial charge in [0.2, 0.25) is 0 Å². The van der Waals surface area contributed by atoms with Crippen molar-refractivity contribution < 1.29 is 9.47 Å². The number of pyridine rings is 1. The lowest BCUT2D eigenvalue weighted by molar-refractivity contribution is 0.414. The van der Waals surface area contributed by atoms with Crippen LogP contribution in [0.2, 0.25) is 0 Å². The zero-order chi connectivity index (χ0) is 20.9. The van der Waals surface area contributed by atoms with Crippen LogP contribution in [0.15, 0.2) is 66.9 Å². The van der Waals surface area contributed by atoms with Gasteiger partial charge in [-0.15, -0.1) is 0 Å². The molecular formula is C25H29N3O2. The molecule has 1 heterocycles. The minimum absolute atomic E-state index is 0.0305. The summed E-state index contributed by atoms with van der Waals surface area (Å²) in [6.07, 6.45) is 4.26. The first-order valence-electron chi connectivity index (χ1n) is 10.4. The smallest absolute Gasteiger partial charge is 0.133 e. The van der Waals surface area contributed by atoms with Crippen molar-refractivity contribution in [2.24, 2.45) is 11.7 Å². The molecule has 1 atom stereocenters. The summed E-state index contributed by atoms with van der Waals surface area (Å²) in [6.45, 7) is 1.47. The van der Waals surface area contributed by atoms with Crippen molar-refractivity contribution in [3.63, 3.8) is 0 Å². The number of rotatable bonds is 9. The third-order valence-corrected chi connectivity index (χ3v) is 5.67. The van der Waals surface area contributed by atoms with Gasteiger partial charge in [0.15, 0.2) is 0 Å². The van der Waals surface area contributed by atoms with Crippen LogP contribution >= 0.6 is 0 Å². The number of hydrogen-bond donors (Lipinski definition) is 1. The fraction of sp³-hybridized carbons (Fsp3) is 0.320. The van der Waals surface area contributed by atoms with Crippen molar-refractivity contribution in [1.29, 1.82) is 0 Å². The Kier molecular flexibility index (Phi) is 6.19. The highest BCUT2D eigenvalue weighted by Gasteiger charge is 2.32. The van der Waals surface area contributed by atoms with Crippen LogP contribution in [0.3, 0.4) is 0 Å². The fourth-order valence-corrected chi connectivity index (χ4v) is 3.75. The normalized spacial score (nSPS) is 14.2. The van der Waals surface area contributed by atoms with E-state index in [1.807, 2.05) is 36.5 Å². The number of nitrogens with zero attached hydrogens (tertiary/aromatic N) is 2. The summed E-state index contributed by atoms with van der Waals surface area (Å²) in [4.78, 5) is 7.07. The summed E-state index contributed by atoms with van der Waals surface area (Å²) >= 11 is 0. The van der Waals surface area contributed by atoms with Crippen molar-refractivity contribution >= 4 is 5.82 Å². The van der Waals surface area contributed by atoms with Gasteiger partial charge in [-0.1, -0.05) is 30.3 Å². The molecule has 1 aliphatic rings. The number of methoxy groups -OCH3 is 2. The first-order chi connectivity index (χ1) is 14.7. The Morgan fingerprint density at radius 3 is 1.90 bits per heavy atom. The van der Waals surface area contributed by atoms with Crippen molar-refractivity contribution in [2.45, 2.75) is 32.0 Å². The maximum Gasteiger partial charge on any atom is 0.133 e. The van der Waals surface area contributed by atoms with Crippen LogP contribution in [-0.2, 0) is 13.1 Å². The molecule has 5 nitrogen and oxygen atoms in total. The van der Waals surface area contributed by atoms with E-state index in [2.05, 4.69) is 35.2 Å². The largest absolute Gasteiger partial charge is 0.497 e. The Morgan fingerprint density at radius 2 is 1.43 bits per heavy atom. The summed E-state index contributed by atoms with van der Waals surface area (Å²) < 4.78 is 10.6. The van der Waals surface area contributed by atoms with E-state index < -0.39 is 0 Å². The Labute approximate surface area is 178 Å². The molecule has 3 aromatic rings. The lowest BCUT2D eigenvalue weighted by Crippen LogP contribution is -2.26. The molecule has 5 heteroatoms. The van der Waals surface area contributed by atoms with Gasteiger partial charge in [-0.3, -0.25) is 0 Å². The Morgan fingerprint density at radius 1 is 0.900 bits per heavy atom.